The molecular formula is C47H52N4O8Si. The minimum Gasteiger partial charge on any atom is -0.497 e. The standard InChI is InChI=1S/C47H52N4O8Si/c1-30-44(60(4,5)37-20-18-36(57-2)19-21-37)41(26-42(53)50-28-33-14-7-6-12-31(33)24-35(50)29-52)59-47(30)39-25-34(51-45(55)38-15-9-8-13-32(38)27-48-51)17-22-40(39)49(46(47)56)23-11-10-16-43(54)58-3/h6-9,12-15,17-22,25,27,30,35,41,44,52H,10-11,16,23-24,26,28-29H2,1-5H3/t30-,35-,41+,44-,47+/m0/s1. The van der Waals surface area contributed by atoms with Gasteiger partial charge in [-0.05, 0) is 72.3 Å². The van der Waals surface area contributed by atoms with Crippen LogP contribution >= 0.6 is 0 Å². The van der Waals surface area contributed by atoms with Crippen LogP contribution in [0.5, 0.6) is 5.75 Å². The van der Waals surface area contributed by atoms with Gasteiger partial charge in [0.1, 0.15) is 5.75 Å². The van der Waals surface area contributed by atoms with E-state index in [-0.39, 0.29) is 48.3 Å². The van der Waals surface area contributed by atoms with Crippen molar-refractivity contribution in [3.63, 3.8) is 0 Å². The fourth-order valence-corrected chi connectivity index (χ4v) is 14.1. The number of esters is 1. The zero-order chi connectivity index (χ0) is 42.3. The number of amides is 2. The van der Waals surface area contributed by atoms with E-state index in [9.17, 15) is 19.5 Å². The lowest BCUT2D eigenvalue weighted by atomic mass is 9.82. The Bertz CT molecular complexity index is 2510. The minimum absolute atomic E-state index is 0.00906. The van der Waals surface area contributed by atoms with Gasteiger partial charge in [-0.15, -0.1) is 0 Å². The summed E-state index contributed by atoms with van der Waals surface area (Å²) < 4.78 is 19.1. The summed E-state index contributed by atoms with van der Waals surface area (Å²) in [6.45, 7) is 7.12. The highest BCUT2D eigenvalue weighted by atomic mass is 28.3. The second-order valence-corrected chi connectivity index (χ2v) is 21.5. The highest BCUT2D eigenvalue weighted by molar-refractivity contribution is 6.91. The molecule has 1 aromatic heterocycles. The first-order valence-electron chi connectivity index (χ1n) is 20.7. The van der Waals surface area contributed by atoms with Gasteiger partial charge in [-0.1, -0.05) is 79.8 Å². The van der Waals surface area contributed by atoms with E-state index in [1.165, 1.54) is 11.8 Å². The number of anilines is 1. The number of aliphatic hydroxyl groups excluding tert-OH is 1. The molecule has 0 aliphatic carbocycles. The smallest absolute Gasteiger partial charge is 0.305 e. The Labute approximate surface area is 350 Å². The third-order valence-electron chi connectivity index (χ3n) is 13.3. The third-order valence-corrected chi connectivity index (χ3v) is 17.6. The largest absolute Gasteiger partial charge is 0.497 e. The predicted molar refractivity (Wildman–Crippen MR) is 231 cm³/mol. The van der Waals surface area contributed by atoms with Crippen LogP contribution in [0.1, 0.15) is 49.3 Å². The Balaban J connectivity index is 1.24. The summed E-state index contributed by atoms with van der Waals surface area (Å²) in [5, 5.41) is 17.5. The van der Waals surface area contributed by atoms with Crippen LogP contribution in [0, 0.1) is 5.92 Å². The number of benzene rings is 4. The molecule has 1 spiro atoms. The summed E-state index contributed by atoms with van der Waals surface area (Å²) in [5.41, 5.74) is 1.89. The summed E-state index contributed by atoms with van der Waals surface area (Å²) >= 11 is 0. The van der Waals surface area contributed by atoms with E-state index < -0.39 is 31.7 Å². The summed E-state index contributed by atoms with van der Waals surface area (Å²) in [6, 6.07) is 28.5. The number of carbonyl (C=O) groups is 3. The molecular weight excluding hydrogens is 777 g/mol. The fraction of sp³-hybridized carbons (Fsp3) is 0.383. The van der Waals surface area contributed by atoms with Crippen molar-refractivity contribution in [2.75, 3.05) is 32.3 Å². The van der Waals surface area contributed by atoms with Crippen LogP contribution in [0.25, 0.3) is 16.5 Å². The van der Waals surface area contributed by atoms with Gasteiger partial charge in [0.2, 0.25) is 5.91 Å². The molecule has 8 rings (SSSR count). The van der Waals surface area contributed by atoms with Crippen LogP contribution in [-0.4, -0.2) is 85.2 Å². The minimum atomic E-state index is -2.63. The molecule has 60 heavy (non-hydrogen) atoms. The molecule has 0 unspecified atom stereocenters. The Kier molecular flexibility index (Phi) is 11.3. The lowest BCUT2D eigenvalue weighted by Crippen LogP contribution is -2.52. The van der Waals surface area contributed by atoms with Crippen molar-refractivity contribution in [1.82, 2.24) is 14.7 Å². The van der Waals surface area contributed by atoms with E-state index >= 15 is 4.79 Å². The van der Waals surface area contributed by atoms with Gasteiger partial charge in [0.15, 0.2) is 5.60 Å². The number of ether oxygens (including phenoxy) is 3. The van der Waals surface area contributed by atoms with E-state index in [0.717, 1.165) is 27.4 Å². The number of unbranched alkanes of at least 4 members (excludes halogenated alkanes) is 1. The molecule has 1 N–H and O–H groups in total. The highest BCUT2D eigenvalue weighted by Crippen LogP contribution is 2.60. The molecule has 2 amide bonds. The Morgan fingerprint density at radius 1 is 0.950 bits per heavy atom. The SMILES string of the molecule is COC(=O)CCCCN1C(=O)[C@]2(O[C@H](CC(=O)N3Cc4ccccc4C[C@H]3CO)[C@@H]([Si](C)(C)c3ccc(OC)cc3)[C@@H]2C)c2cc(-n3ncc4ccccc4c3=O)ccc21. The Morgan fingerprint density at radius 3 is 2.42 bits per heavy atom. The molecule has 1 saturated heterocycles. The number of aromatic nitrogens is 2. The second kappa shape index (κ2) is 16.4. The zero-order valence-electron chi connectivity index (χ0n) is 34.8. The van der Waals surface area contributed by atoms with Crippen molar-refractivity contribution < 1.29 is 33.7 Å². The Morgan fingerprint density at radius 2 is 1.68 bits per heavy atom. The molecule has 1 fully saturated rings. The average Bonchev–Trinajstić information content (AvgIpc) is 3.69. The number of aliphatic hydroxyl groups is 1. The molecule has 0 saturated carbocycles. The van der Waals surface area contributed by atoms with Crippen molar-refractivity contribution in [1.29, 1.82) is 0 Å². The van der Waals surface area contributed by atoms with E-state index in [0.29, 0.717) is 54.7 Å². The van der Waals surface area contributed by atoms with Crippen molar-refractivity contribution in [3.05, 3.63) is 124 Å². The molecule has 4 heterocycles. The maximum Gasteiger partial charge on any atom is 0.305 e. The summed E-state index contributed by atoms with van der Waals surface area (Å²) in [6.07, 6.45) is 2.82. The third kappa shape index (κ3) is 7.01. The van der Waals surface area contributed by atoms with Gasteiger partial charge >= 0.3 is 5.97 Å². The quantitative estimate of drug-likeness (QED) is 0.0963. The van der Waals surface area contributed by atoms with Crippen LogP contribution in [0.2, 0.25) is 18.6 Å². The van der Waals surface area contributed by atoms with E-state index in [1.807, 2.05) is 66.7 Å². The van der Waals surface area contributed by atoms with Gasteiger partial charge in [0.05, 0.1) is 70.4 Å². The maximum absolute atomic E-state index is 15.4. The molecule has 3 aliphatic rings. The molecule has 4 aromatic carbocycles. The van der Waals surface area contributed by atoms with Crippen molar-refractivity contribution in [2.45, 2.75) is 82.0 Å². The fourth-order valence-electron chi connectivity index (χ4n) is 10.1. The second-order valence-electron chi connectivity index (χ2n) is 16.8. The van der Waals surface area contributed by atoms with Gasteiger partial charge in [0, 0.05) is 36.4 Å². The zero-order valence-corrected chi connectivity index (χ0v) is 35.8. The molecule has 5 atom stereocenters. The van der Waals surface area contributed by atoms with Gasteiger partial charge in [-0.2, -0.15) is 9.78 Å². The molecule has 0 bridgehead atoms. The van der Waals surface area contributed by atoms with Gasteiger partial charge < -0.3 is 29.1 Å². The first kappa shape index (κ1) is 41.1. The first-order chi connectivity index (χ1) is 28.9. The van der Waals surface area contributed by atoms with Crippen molar-refractivity contribution in [2.24, 2.45) is 5.92 Å². The van der Waals surface area contributed by atoms with Gasteiger partial charge in [0.25, 0.3) is 11.5 Å². The maximum atomic E-state index is 15.4. The van der Waals surface area contributed by atoms with E-state index in [2.05, 4.69) is 37.2 Å². The number of hydrogen-bond acceptors (Lipinski definition) is 9. The summed E-state index contributed by atoms with van der Waals surface area (Å²) in [4.78, 5) is 59.6. The van der Waals surface area contributed by atoms with Gasteiger partial charge in [-0.3, -0.25) is 19.2 Å². The van der Waals surface area contributed by atoms with E-state index in [1.54, 1.807) is 35.2 Å². The average molecular weight is 829 g/mol. The topological polar surface area (TPSA) is 140 Å². The first-order valence-corrected chi connectivity index (χ1v) is 23.8. The lowest BCUT2D eigenvalue weighted by Gasteiger charge is -2.39. The number of methoxy groups -OCH3 is 2. The van der Waals surface area contributed by atoms with Crippen LogP contribution < -0.4 is 20.4 Å². The molecule has 312 valence electrons. The summed E-state index contributed by atoms with van der Waals surface area (Å²) in [7, 11) is 0.366. The number of carbonyl (C=O) groups excluding carboxylic acids is 3. The van der Waals surface area contributed by atoms with Crippen LogP contribution in [-0.2, 0) is 42.4 Å². The van der Waals surface area contributed by atoms with Crippen LogP contribution in [0.15, 0.2) is 102 Å². The van der Waals surface area contributed by atoms with Crippen LogP contribution in [0.3, 0.4) is 0 Å². The number of fused-ring (bicyclic) bond motifs is 4. The molecule has 13 heteroatoms. The van der Waals surface area contributed by atoms with E-state index in [4.69, 9.17) is 14.2 Å². The molecule has 3 aliphatic heterocycles. The van der Waals surface area contributed by atoms with Gasteiger partial charge in [-0.25, -0.2) is 0 Å². The monoisotopic (exact) mass is 828 g/mol. The molecule has 0 radical (unpaired) electrons. The van der Waals surface area contributed by atoms with Crippen LogP contribution in [0.4, 0.5) is 5.69 Å². The predicted octanol–water partition coefficient (Wildman–Crippen LogP) is 5.64. The lowest BCUT2D eigenvalue weighted by molar-refractivity contribution is -0.151. The number of nitrogens with zero attached hydrogens (tertiary/aromatic N) is 4. The molecule has 12 nitrogen and oxygen atoms in total. The normalized spacial score (nSPS) is 22.3. The van der Waals surface area contributed by atoms with Crippen molar-refractivity contribution >= 4 is 47.5 Å². The summed E-state index contributed by atoms with van der Waals surface area (Å²) in [5.74, 6) is -0.382. The number of hydrogen-bond donors (Lipinski definition) is 1. The number of rotatable bonds is 12. The van der Waals surface area contributed by atoms with Crippen molar-refractivity contribution in [3.8, 4) is 11.4 Å². The highest BCUT2D eigenvalue weighted by Gasteiger charge is 2.66. The molecule has 5 aromatic rings. The Hall–Kier alpha value is -5.63.